The van der Waals surface area contributed by atoms with E-state index in [0.29, 0.717) is 23.9 Å². The number of hydrogen-bond donors (Lipinski definition) is 2. The third kappa shape index (κ3) is 5.59. The quantitative estimate of drug-likeness (QED) is 0.353. The molecule has 0 aliphatic rings. The van der Waals surface area contributed by atoms with Crippen molar-refractivity contribution in [3.63, 3.8) is 0 Å². The van der Waals surface area contributed by atoms with Crippen molar-refractivity contribution < 1.29 is 13.9 Å². The number of aromatic nitrogens is 3. The lowest BCUT2D eigenvalue weighted by Gasteiger charge is -2.15. The third-order valence-corrected chi connectivity index (χ3v) is 6.05. The van der Waals surface area contributed by atoms with Crippen LogP contribution >= 0.6 is 11.8 Å². The first-order valence-corrected chi connectivity index (χ1v) is 11.1. The molecule has 0 saturated heterocycles. The monoisotopic (exact) mass is 448 g/mol. The van der Waals surface area contributed by atoms with E-state index in [9.17, 15) is 4.79 Å². The standard InChI is InChI=1S/C24H24N4O3S/c1-16-5-7-17(8-6-16)21(14-22(29)25-15-20-4-3-13-31-20)32-24-26-23(27-28-24)18-9-11-19(30-2)12-10-18/h3-13,21H,14-15H2,1-2H3,(H,25,29)(H,26,27,28). The van der Waals surface area contributed by atoms with E-state index in [1.165, 1.54) is 17.3 Å². The highest BCUT2D eigenvalue weighted by molar-refractivity contribution is 7.99. The number of carbonyl (C=O) groups is 1. The Balaban J connectivity index is 1.48. The van der Waals surface area contributed by atoms with Crippen molar-refractivity contribution in [1.29, 1.82) is 0 Å². The first-order valence-electron chi connectivity index (χ1n) is 10.2. The Morgan fingerprint density at radius 3 is 2.62 bits per heavy atom. The highest BCUT2D eigenvalue weighted by Crippen LogP contribution is 2.37. The van der Waals surface area contributed by atoms with Crippen molar-refractivity contribution in [3.05, 3.63) is 83.8 Å². The van der Waals surface area contributed by atoms with Gasteiger partial charge in [0.25, 0.3) is 0 Å². The minimum atomic E-state index is -0.133. The molecule has 0 fully saturated rings. The zero-order valence-corrected chi connectivity index (χ0v) is 18.7. The van der Waals surface area contributed by atoms with Crippen LogP contribution in [0.25, 0.3) is 11.4 Å². The molecule has 164 valence electrons. The second kappa shape index (κ2) is 10.2. The molecule has 1 atom stereocenters. The lowest BCUT2D eigenvalue weighted by Crippen LogP contribution is -2.23. The van der Waals surface area contributed by atoms with Crippen molar-refractivity contribution in [3.8, 4) is 17.1 Å². The lowest BCUT2D eigenvalue weighted by molar-refractivity contribution is -0.121. The molecule has 0 aliphatic carbocycles. The first-order chi connectivity index (χ1) is 15.6. The summed E-state index contributed by atoms with van der Waals surface area (Å²) in [4.78, 5) is 17.3. The van der Waals surface area contributed by atoms with Gasteiger partial charge in [-0.15, -0.1) is 5.10 Å². The Bertz CT molecular complexity index is 1140. The maximum atomic E-state index is 12.6. The summed E-state index contributed by atoms with van der Waals surface area (Å²) in [7, 11) is 1.63. The molecule has 0 bridgehead atoms. The van der Waals surface area contributed by atoms with Gasteiger partial charge in [0.05, 0.1) is 19.9 Å². The van der Waals surface area contributed by atoms with Gasteiger partial charge in [-0.1, -0.05) is 41.6 Å². The summed E-state index contributed by atoms with van der Waals surface area (Å²) < 4.78 is 10.5. The van der Waals surface area contributed by atoms with E-state index >= 15 is 0 Å². The second-order valence-corrected chi connectivity index (χ2v) is 8.44. The fourth-order valence-electron chi connectivity index (χ4n) is 3.15. The fraction of sp³-hybridized carbons (Fsp3) is 0.208. The highest BCUT2D eigenvalue weighted by atomic mass is 32.2. The maximum absolute atomic E-state index is 12.6. The first kappa shape index (κ1) is 21.7. The molecular formula is C24H24N4O3S. The summed E-state index contributed by atoms with van der Waals surface area (Å²) in [6.45, 7) is 2.40. The average Bonchev–Trinajstić information content (AvgIpc) is 3.50. The number of hydrogen-bond acceptors (Lipinski definition) is 6. The topological polar surface area (TPSA) is 93.0 Å². The van der Waals surface area contributed by atoms with E-state index in [4.69, 9.17) is 9.15 Å². The van der Waals surface area contributed by atoms with Crippen LogP contribution in [0.2, 0.25) is 0 Å². The van der Waals surface area contributed by atoms with Crippen LogP contribution in [0.1, 0.15) is 28.6 Å². The fourth-order valence-corrected chi connectivity index (χ4v) is 4.18. The number of amides is 1. The average molecular weight is 449 g/mol. The number of aryl methyl sites for hydroxylation is 1. The van der Waals surface area contributed by atoms with Crippen LogP contribution in [-0.4, -0.2) is 28.2 Å². The minimum Gasteiger partial charge on any atom is -0.497 e. The number of carbonyl (C=O) groups excluding carboxylic acids is 1. The number of furan rings is 1. The minimum absolute atomic E-state index is 0.0645. The number of methoxy groups -OCH3 is 1. The van der Waals surface area contributed by atoms with E-state index in [0.717, 1.165) is 22.6 Å². The second-order valence-electron chi connectivity index (χ2n) is 7.27. The van der Waals surface area contributed by atoms with Gasteiger partial charge >= 0.3 is 0 Å². The summed E-state index contributed by atoms with van der Waals surface area (Å²) in [5.41, 5.74) is 3.12. The molecule has 2 heterocycles. The van der Waals surface area contributed by atoms with Gasteiger partial charge in [-0.25, -0.2) is 4.98 Å². The number of ether oxygens (including phenoxy) is 1. The van der Waals surface area contributed by atoms with E-state index in [1.807, 2.05) is 61.5 Å². The Morgan fingerprint density at radius 1 is 1.16 bits per heavy atom. The highest BCUT2D eigenvalue weighted by Gasteiger charge is 2.20. The molecule has 2 aromatic heterocycles. The molecule has 2 aromatic carbocycles. The molecule has 2 N–H and O–H groups in total. The molecule has 8 heteroatoms. The number of nitrogens with one attached hydrogen (secondary N) is 2. The Morgan fingerprint density at radius 2 is 1.94 bits per heavy atom. The van der Waals surface area contributed by atoms with Crippen molar-refractivity contribution >= 4 is 17.7 Å². The van der Waals surface area contributed by atoms with Crippen LogP contribution in [0.3, 0.4) is 0 Å². The molecule has 0 radical (unpaired) electrons. The Kier molecular flexibility index (Phi) is 6.91. The predicted octanol–water partition coefficient (Wildman–Crippen LogP) is 4.92. The van der Waals surface area contributed by atoms with Gasteiger partial charge in [0.1, 0.15) is 11.5 Å². The zero-order chi connectivity index (χ0) is 22.3. The summed E-state index contributed by atoms with van der Waals surface area (Å²) in [6, 6.07) is 19.4. The molecule has 4 rings (SSSR count). The van der Waals surface area contributed by atoms with E-state index < -0.39 is 0 Å². The van der Waals surface area contributed by atoms with Crippen LogP contribution in [0.5, 0.6) is 5.75 Å². The van der Waals surface area contributed by atoms with E-state index in [-0.39, 0.29) is 11.2 Å². The van der Waals surface area contributed by atoms with E-state index in [2.05, 4.69) is 20.5 Å². The van der Waals surface area contributed by atoms with Gasteiger partial charge in [-0.3, -0.25) is 9.89 Å². The van der Waals surface area contributed by atoms with Gasteiger partial charge in [0.2, 0.25) is 11.1 Å². The number of benzene rings is 2. The van der Waals surface area contributed by atoms with Gasteiger partial charge in [0.15, 0.2) is 5.82 Å². The van der Waals surface area contributed by atoms with Gasteiger partial charge in [0, 0.05) is 17.2 Å². The summed E-state index contributed by atoms with van der Waals surface area (Å²) in [5, 5.41) is 10.7. The van der Waals surface area contributed by atoms with Gasteiger partial charge < -0.3 is 14.5 Å². The maximum Gasteiger partial charge on any atom is 0.221 e. The number of H-pyrrole nitrogens is 1. The van der Waals surface area contributed by atoms with Crippen LogP contribution in [0.4, 0.5) is 0 Å². The lowest BCUT2D eigenvalue weighted by atomic mass is 10.1. The Labute approximate surface area is 190 Å². The largest absolute Gasteiger partial charge is 0.497 e. The zero-order valence-electron chi connectivity index (χ0n) is 17.9. The smallest absolute Gasteiger partial charge is 0.221 e. The van der Waals surface area contributed by atoms with E-state index in [1.54, 1.807) is 19.4 Å². The molecule has 0 aliphatic heterocycles. The molecule has 0 saturated carbocycles. The summed E-state index contributed by atoms with van der Waals surface area (Å²) in [6.07, 6.45) is 1.89. The number of rotatable bonds is 9. The van der Waals surface area contributed by atoms with Crippen LogP contribution < -0.4 is 10.1 Å². The number of aromatic amines is 1. The molecule has 1 amide bonds. The van der Waals surface area contributed by atoms with Crippen LogP contribution in [0.15, 0.2) is 76.5 Å². The van der Waals surface area contributed by atoms with Crippen LogP contribution in [0, 0.1) is 6.92 Å². The summed E-state index contributed by atoms with van der Waals surface area (Å²) >= 11 is 1.46. The molecule has 4 aromatic rings. The molecule has 7 nitrogen and oxygen atoms in total. The third-order valence-electron chi connectivity index (χ3n) is 4.94. The van der Waals surface area contributed by atoms with Crippen molar-refractivity contribution in [2.24, 2.45) is 0 Å². The number of nitrogens with zero attached hydrogens (tertiary/aromatic N) is 2. The van der Waals surface area contributed by atoms with Gasteiger partial charge in [-0.2, -0.15) is 0 Å². The normalized spacial score (nSPS) is 11.8. The van der Waals surface area contributed by atoms with Gasteiger partial charge in [-0.05, 0) is 48.9 Å². The van der Waals surface area contributed by atoms with Crippen molar-refractivity contribution in [2.75, 3.05) is 7.11 Å². The Hall–Kier alpha value is -3.52. The molecule has 32 heavy (non-hydrogen) atoms. The molecule has 1 unspecified atom stereocenters. The van der Waals surface area contributed by atoms with Crippen molar-refractivity contribution in [2.45, 2.75) is 30.3 Å². The molecule has 0 spiro atoms. The summed E-state index contributed by atoms with van der Waals surface area (Å²) in [5.74, 6) is 2.10. The predicted molar refractivity (Wildman–Crippen MR) is 123 cm³/mol. The number of thioether (sulfide) groups is 1. The molecular weight excluding hydrogens is 424 g/mol. The van der Waals surface area contributed by atoms with Crippen molar-refractivity contribution in [1.82, 2.24) is 20.5 Å². The SMILES string of the molecule is COc1ccc(-c2nc(SC(CC(=O)NCc3ccco3)c3ccc(C)cc3)n[nH]2)cc1. The van der Waals surface area contributed by atoms with Crippen LogP contribution in [-0.2, 0) is 11.3 Å².